The number of nitrogens with zero attached hydrogens (tertiary/aromatic N) is 3. The third-order valence-corrected chi connectivity index (χ3v) is 7.84. The number of fused-ring (bicyclic) bond motifs is 1. The molecule has 3 aliphatic rings. The number of hydrogen-bond donors (Lipinski definition) is 1. The summed E-state index contributed by atoms with van der Waals surface area (Å²) in [5, 5.41) is 2.78. The van der Waals surface area contributed by atoms with Crippen LogP contribution in [0.25, 0.3) is 0 Å². The number of nitrogens with one attached hydrogen (secondary N) is 1. The van der Waals surface area contributed by atoms with Gasteiger partial charge in [-0.15, -0.1) is 4.40 Å². The molecule has 1 N–H and O–H groups in total. The number of alkyl halides is 3. The number of amidine groups is 1. The summed E-state index contributed by atoms with van der Waals surface area (Å²) in [4.78, 5) is 0.260. The number of benzene rings is 1. The second-order valence-electron chi connectivity index (χ2n) is 7.52. The standard InChI is InChI=1S/C16H18F4N4O4S2/c1-29(25,26)23-4-5-24(13(8-23)16(18,19)20)11-6-10(17)7-12-14(11)21-15(9-2-3-9)22-30(12,27)28/h6-7,9,13H,2-5,8H2,1H3,(H,21,22)/t13-/m1/s1. The average Bonchev–Trinajstić information content (AvgIpc) is 3.44. The number of halogens is 4. The predicted molar refractivity (Wildman–Crippen MR) is 101 cm³/mol. The van der Waals surface area contributed by atoms with Crippen molar-refractivity contribution in [2.24, 2.45) is 10.3 Å². The molecular weight excluding hydrogens is 452 g/mol. The molecule has 1 saturated carbocycles. The quantitative estimate of drug-likeness (QED) is 0.676. The maximum Gasteiger partial charge on any atom is 0.410 e. The summed E-state index contributed by atoms with van der Waals surface area (Å²) in [7, 11) is -8.17. The van der Waals surface area contributed by atoms with Gasteiger partial charge in [-0.1, -0.05) is 0 Å². The SMILES string of the molecule is CS(=O)(=O)N1CCN(c2cc(F)cc3c2NC(C2CC2)=NS3(=O)=O)[C@@H](C(F)(F)F)C1. The highest BCUT2D eigenvalue weighted by molar-refractivity contribution is 7.90. The van der Waals surface area contributed by atoms with Gasteiger partial charge in [0.15, 0.2) is 0 Å². The molecule has 1 aromatic carbocycles. The van der Waals surface area contributed by atoms with Crippen molar-refractivity contribution in [3.63, 3.8) is 0 Å². The third kappa shape index (κ3) is 3.87. The molecular formula is C16H18F4N4O4S2. The van der Waals surface area contributed by atoms with Gasteiger partial charge in [-0.05, 0) is 25.0 Å². The summed E-state index contributed by atoms with van der Waals surface area (Å²) in [6.45, 7) is -1.54. The van der Waals surface area contributed by atoms with Crippen LogP contribution in [0.5, 0.6) is 0 Å². The lowest BCUT2D eigenvalue weighted by atomic mass is 10.1. The molecule has 8 nitrogen and oxygen atoms in total. The summed E-state index contributed by atoms with van der Waals surface area (Å²) in [6, 6.07) is -0.741. The molecule has 0 bridgehead atoms. The highest BCUT2D eigenvalue weighted by atomic mass is 32.2. The number of piperazine rings is 1. The first kappa shape index (κ1) is 21.3. The van der Waals surface area contributed by atoms with Crippen LogP contribution in [0.1, 0.15) is 12.8 Å². The van der Waals surface area contributed by atoms with Gasteiger partial charge in [0.1, 0.15) is 22.6 Å². The van der Waals surface area contributed by atoms with E-state index in [9.17, 15) is 34.4 Å². The molecule has 2 fully saturated rings. The molecule has 30 heavy (non-hydrogen) atoms. The van der Waals surface area contributed by atoms with Gasteiger partial charge in [-0.3, -0.25) is 0 Å². The van der Waals surface area contributed by atoms with E-state index in [1.165, 1.54) is 0 Å². The average molecular weight is 470 g/mol. The van der Waals surface area contributed by atoms with E-state index >= 15 is 0 Å². The third-order valence-electron chi connectivity index (χ3n) is 5.26. The minimum absolute atomic E-state index is 0.119. The van der Waals surface area contributed by atoms with Crippen LogP contribution in [0.4, 0.5) is 28.9 Å². The highest BCUT2D eigenvalue weighted by Crippen LogP contribution is 2.43. The van der Waals surface area contributed by atoms with Gasteiger partial charge in [-0.25, -0.2) is 12.8 Å². The molecule has 0 unspecified atom stereocenters. The topological polar surface area (TPSA) is 99.2 Å². The molecule has 1 aliphatic carbocycles. The zero-order valence-electron chi connectivity index (χ0n) is 15.6. The Labute approximate surface area is 170 Å². The Morgan fingerprint density at radius 1 is 1.20 bits per heavy atom. The van der Waals surface area contributed by atoms with Crippen LogP contribution in [0, 0.1) is 11.7 Å². The molecule has 0 aromatic heterocycles. The number of sulfonamides is 2. The predicted octanol–water partition coefficient (Wildman–Crippen LogP) is 1.76. The van der Waals surface area contributed by atoms with Gasteiger partial charge in [0, 0.05) is 25.6 Å². The van der Waals surface area contributed by atoms with Crippen LogP contribution in [-0.2, 0) is 20.0 Å². The maximum atomic E-state index is 14.3. The van der Waals surface area contributed by atoms with Gasteiger partial charge in [0.05, 0.1) is 17.6 Å². The van der Waals surface area contributed by atoms with E-state index < -0.39 is 56.1 Å². The Morgan fingerprint density at radius 2 is 1.87 bits per heavy atom. The molecule has 166 valence electrons. The first-order valence-corrected chi connectivity index (χ1v) is 12.3. The van der Waals surface area contributed by atoms with Crippen molar-refractivity contribution in [2.75, 3.05) is 36.1 Å². The second kappa shape index (κ2) is 6.79. The summed E-state index contributed by atoms with van der Waals surface area (Å²) >= 11 is 0. The maximum absolute atomic E-state index is 14.3. The Balaban J connectivity index is 1.82. The molecule has 0 amide bonds. The summed E-state index contributed by atoms with van der Waals surface area (Å²) < 4.78 is 109. The van der Waals surface area contributed by atoms with Crippen LogP contribution in [-0.4, -0.2) is 65.1 Å². The van der Waals surface area contributed by atoms with Crippen LogP contribution < -0.4 is 10.2 Å². The Hall–Kier alpha value is -1.93. The first-order valence-electron chi connectivity index (χ1n) is 9.01. The van der Waals surface area contributed by atoms with Gasteiger partial charge >= 0.3 is 6.18 Å². The lowest BCUT2D eigenvalue weighted by Gasteiger charge is -2.43. The van der Waals surface area contributed by atoms with Crippen LogP contribution in [0.2, 0.25) is 0 Å². The van der Waals surface area contributed by atoms with E-state index in [1.807, 2.05) is 0 Å². The molecule has 4 rings (SSSR count). The van der Waals surface area contributed by atoms with Crippen molar-refractivity contribution < 1.29 is 34.4 Å². The summed E-state index contributed by atoms with van der Waals surface area (Å²) in [5.41, 5.74) is -0.465. The molecule has 0 radical (unpaired) electrons. The molecule has 14 heteroatoms. The van der Waals surface area contributed by atoms with E-state index in [0.29, 0.717) is 23.2 Å². The fraction of sp³-hybridized carbons (Fsp3) is 0.562. The van der Waals surface area contributed by atoms with Gasteiger partial charge in [0.25, 0.3) is 10.0 Å². The van der Waals surface area contributed by atoms with Crippen molar-refractivity contribution in [1.82, 2.24) is 4.31 Å². The zero-order chi connectivity index (χ0) is 22.1. The number of anilines is 2. The van der Waals surface area contributed by atoms with E-state index in [0.717, 1.165) is 17.2 Å². The molecule has 1 aromatic rings. The summed E-state index contributed by atoms with van der Waals surface area (Å²) in [6.07, 6.45) is -2.66. The van der Waals surface area contributed by atoms with Gasteiger partial charge in [-0.2, -0.15) is 25.9 Å². The normalized spacial score (nSPS) is 24.8. The largest absolute Gasteiger partial charge is 0.410 e. The van der Waals surface area contributed by atoms with Crippen LogP contribution in [0.3, 0.4) is 0 Å². The monoisotopic (exact) mass is 470 g/mol. The molecule has 0 spiro atoms. The highest BCUT2D eigenvalue weighted by Gasteiger charge is 2.49. The van der Waals surface area contributed by atoms with Gasteiger partial charge < -0.3 is 10.2 Å². The van der Waals surface area contributed by atoms with E-state index in [1.54, 1.807) is 0 Å². The molecule has 1 atom stereocenters. The Morgan fingerprint density at radius 3 is 2.43 bits per heavy atom. The Kier molecular flexibility index (Phi) is 4.82. The Bertz CT molecular complexity index is 1130. The van der Waals surface area contributed by atoms with Gasteiger partial charge in [0.2, 0.25) is 10.0 Å². The fourth-order valence-corrected chi connectivity index (χ4v) is 5.67. The van der Waals surface area contributed by atoms with Crippen molar-refractivity contribution in [2.45, 2.75) is 30.0 Å². The molecule has 2 aliphatic heterocycles. The van der Waals surface area contributed by atoms with Crippen LogP contribution in [0.15, 0.2) is 21.4 Å². The van der Waals surface area contributed by atoms with Crippen molar-refractivity contribution in [3.05, 3.63) is 17.9 Å². The fourth-order valence-electron chi connectivity index (χ4n) is 3.61. The van der Waals surface area contributed by atoms with E-state index in [2.05, 4.69) is 9.71 Å². The first-order chi connectivity index (χ1) is 13.8. The molecule has 2 heterocycles. The van der Waals surface area contributed by atoms with E-state index in [4.69, 9.17) is 0 Å². The number of hydrogen-bond acceptors (Lipinski definition) is 6. The summed E-state index contributed by atoms with van der Waals surface area (Å²) in [5.74, 6) is -1.06. The lowest BCUT2D eigenvalue weighted by Crippen LogP contribution is -2.60. The van der Waals surface area contributed by atoms with Crippen LogP contribution >= 0.6 is 0 Å². The second-order valence-corrected chi connectivity index (χ2v) is 11.1. The van der Waals surface area contributed by atoms with E-state index in [-0.39, 0.29) is 29.7 Å². The minimum atomic E-state index is -4.84. The molecule has 1 saturated heterocycles. The van der Waals surface area contributed by atoms with Crippen molar-refractivity contribution in [3.8, 4) is 0 Å². The number of rotatable bonds is 3. The van der Waals surface area contributed by atoms with Crippen molar-refractivity contribution in [1.29, 1.82) is 0 Å². The lowest BCUT2D eigenvalue weighted by molar-refractivity contribution is -0.153. The zero-order valence-corrected chi connectivity index (χ0v) is 17.3. The van der Waals surface area contributed by atoms with Crippen molar-refractivity contribution >= 4 is 37.3 Å². The smallest absolute Gasteiger partial charge is 0.356 e. The minimum Gasteiger partial charge on any atom is -0.356 e.